The number of para-hydroxylation sites is 1. The molecule has 0 saturated carbocycles. The summed E-state index contributed by atoms with van der Waals surface area (Å²) in [6.07, 6.45) is 5.41. The number of aryl methyl sites for hydroxylation is 1. The van der Waals surface area contributed by atoms with Crippen molar-refractivity contribution in [1.82, 2.24) is 15.0 Å². The molecule has 0 saturated heterocycles. The van der Waals surface area contributed by atoms with Gasteiger partial charge in [0.2, 0.25) is 0 Å². The Kier molecular flexibility index (Phi) is 5.53. The molecule has 3 rings (SSSR count). The molecule has 2 heterocycles. The number of hydrogen-bond donors (Lipinski definition) is 2. The average Bonchev–Trinajstić information content (AvgIpc) is 3.02. The number of fused-ring (bicyclic) bond motifs is 1. The highest BCUT2D eigenvalue weighted by Gasteiger charge is 2.07. The van der Waals surface area contributed by atoms with Crippen LogP contribution in [-0.4, -0.2) is 35.1 Å². The zero-order valence-electron chi connectivity index (χ0n) is 15.3. The van der Waals surface area contributed by atoms with E-state index in [1.165, 1.54) is 29.3 Å². The molecular formula is C20H27N5. The van der Waals surface area contributed by atoms with E-state index >= 15 is 0 Å². The van der Waals surface area contributed by atoms with Crippen LogP contribution in [0, 0.1) is 6.92 Å². The van der Waals surface area contributed by atoms with Gasteiger partial charge in [-0.25, -0.2) is 9.97 Å². The van der Waals surface area contributed by atoms with E-state index < -0.39 is 0 Å². The van der Waals surface area contributed by atoms with Crippen LogP contribution in [0.1, 0.15) is 31.2 Å². The monoisotopic (exact) mass is 337 g/mol. The van der Waals surface area contributed by atoms with Crippen LogP contribution >= 0.6 is 0 Å². The third-order valence-electron chi connectivity index (χ3n) is 4.44. The molecule has 132 valence electrons. The molecule has 0 radical (unpaired) electrons. The fraction of sp³-hybridized carbons (Fsp3) is 0.400. The fourth-order valence-corrected chi connectivity index (χ4v) is 3.01. The molecule has 0 bridgehead atoms. The van der Waals surface area contributed by atoms with Crippen LogP contribution in [0.4, 0.5) is 11.6 Å². The molecule has 0 spiro atoms. The molecule has 1 aromatic carbocycles. The molecule has 0 aliphatic rings. The van der Waals surface area contributed by atoms with Gasteiger partial charge in [0.1, 0.15) is 17.5 Å². The van der Waals surface area contributed by atoms with E-state index in [9.17, 15) is 0 Å². The van der Waals surface area contributed by atoms with Gasteiger partial charge in [-0.15, -0.1) is 0 Å². The predicted octanol–water partition coefficient (Wildman–Crippen LogP) is 4.16. The number of rotatable bonds is 8. The highest BCUT2D eigenvalue weighted by Crippen LogP contribution is 2.19. The van der Waals surface area contributed by atoms with Gasteiger partial charge in [-0.3, -0.25) is 0 Å². The number of hydrogen-bond acceptors (Lipinski definition) is 4. The van der Waals surface area contributed by atoms with Crippen molar-refractivity contribution in [1.29, 1.82) is 0 Å². The fourth-order valence-electron chi connectivity index (χ4n) is 3.01. The second-order valence-corrected chi connectivity index (χ2v) is 6.47. The maximum Gasteiger partial charge on any atom is 0.134 e. The van der Waals surface area contributed by atoms with Crippen molar-refractivity contribution in [2.24, 2.45) is 0 Å². The minimum absolute atomic E-state index is 0.801. The Morgan fingerprint density at radius 3 is 2.88 bits per heavy atom. The summed E-state index contributed by atoms with van der Waals surface area (Å²) in [5.41, 5.74) is 2.52. The first-order valence-corrected chi connectivity index (χ1v) is 9.03. The second-order valence-electron chi connectivity index (χ2n) is 6.47. The van der Waals surface area contributed by atoms with Gasteiger partial charge in [-0.05, 0) is 31.4 Å². The number of aromatic nitrogens is 3. The third kappa shape index (κ3) is 4.29. The molecular weight excluding hydrogens is 310 g/mol. The summed E-state index contributed by atoms with van der Waals surface area (Å²) in [5, 5.41) is 4.74. The molecule has 2 N–H and O–H groups in total. The number of nitrogens with zero attached hydrogens (tertiary/aromatic N) is 3. The molecule has 0 fully saturated rings. The van der Waals surface area contributed by atoms with Crippen LogP contribution < -0.4 is 10.2 Å². The normalized spacial score (nSPS) is 11.0. The van der Waals surface area contributed by atoms with Crippen molar-refractivity contribution in [3.63, 3.8) is 0 Å². The molecule has 0 aliphatic carbocycles. The minimum Gasteiger partial charge on any atom is -0.370 e. The summed E-state index contributed by atoms with van der Waals surface area (Å²) in [6.45, 7) is 6.01. The summed E-state index contributed by atoms with van der Waals surface area (Å²) in [6, 6.07) is 10.5. The quantitative estimate of drug-likeness (QED) is 0.648. The van der Waals surface area contributed by atoms with Crippen LogP contribution in [-0.2, 0) is 6.42 Å². The molecule has 5 nitrogen and oxygen atoms in total. The van der Waals surface area contributed by atoms with E-state index in [1.54, 1.807) is 0 Å². The lowest BCUT2D eigenvalue weighted by molar-refractivity contribution is 0.756. The first kappa shape index (κ1) is 17.3. The third-order valence-corrected chi connectivity index (χ3v) is 4.44. The second kappa shape index (κ2) is 8.01. The lowest BCUT2D eigenvalue weighted by atomic mass is 10.1. The Morgan fingerprint density at radius 2 is 2.04 bits per heavy atom. The molecule has 3 aromatic rings. The SMILES string of the molecule is CCCCN(C)c1cc(NCCc2c[nH]c3ccccc23)nc(C)n1. The van der Waals surface area contributed by atoms with Crippen LogP contribution in [0.3, 0.4) is 0 Å². The van der Waals surface area contributed by atoms with Crippen LogP contribution in [0.5, 0.6) is 0 Å². The molecule has 0 unspecified atom stereocenters. The van der Waals surface area contributed by atoms with Crippen molar-refractivity contribution in [3.8, 4) is 0 Å². The van der Waals surface area contributed by atoms with E-state index in [4.69, 9.17) is 0 Å². The summed E-state index contributed by atoms with van der Waals surface area (Å²) < 4.78 is 0. The minimum atomic E-state index is 0.801. The van der Waals surface area contributed by atoms with Crippen LogP contribution in [0.25, 0.3) is 10.9 Å². The van der Waals surface area contributed by atoms with Crippen LogP contribution in [0.15, 0.2) is 36.5 Å². The van der Waals surface area contributed by atoms with E-state index in [2.05, 4.69) is 69.6 Å². The maximum atomic E-state index is 4.56. The summed E-state index contributed by atoms with van der Waals surface area (Å²) in [7, 11) is 2.09. The number of H-pyrrole nitrogens is 1. The lowest BCUT2D eigenvalue weighted by Gasteiger charge is -2.19. The van der Waals surface area contributed by atoms with Crippen molar-refractivity contribution in [2.75, 3.05) is 30.4 Å². The smallest absolute Gasteiger partial charge is 0.134 e. The summed E-state index contributed by atoms with van der Waals surface area (Å²) >= 11 is 0. The van der Waals surface area contributed by atoms with Gasteiger partial charge in [0.15, 0.2) is 0 Å². The highest BCUT2D eigenvalue weighted by molar-refractivity contribution is 5.83. The van der Waals surface area contributed by atoms with E-state index in [1.807, 2.05) is 13.0 Å². The summed E-state index contributed by atoms with van der Waals surface area (Å²) in [4.78, 5) is 14.6. The van der Waals surface area contributed by atoms with Gasteiger partial charge in [0.05, 0.1) is 0 Å². The molecule has 0 aliphatic heterocycles. The molecule has 0 atom stereocenters. The summed E-state index contributed by atoms with van der Waals surface area (Å²) in [5.74, 6) is 2.68. The van der Waals surface area contributed by atoms with Gasteiger partial charge >= 0.3 is 0 Å². The largest absolute Gasteiger partial charge is 0.370 e. The zero-order valence-corrected chi connectivity index (χ0v) is 15.3. The number of unbranched alkanes of at least 4 members (excludes halogenated alkanes) is 1. The van der Waals surface area contributed by atoms with Crippen LogP contribution in [0.2, 0.25) is 0 Å². The van der Waals surface area contributed by atoms with Gasteiger partial charge in [0.25, 0.3) is 0 Å². The van der Waals surface area contributed by atoms with Crippen molar-refractivity contribution >= 4 is 22.5 Å². The first-order chi connectivity index (χ1) is 12.2. The van der Waals surface area contributed by atoms with Crippen molar-refractivity contribution < 1.29 is 0 Å². The van der Waals surface area contributed by atoms with Crippen molar-refractivity contribution in [2.45, 2.75) is 33.1 Å². The number of nitrogens with one attached hydrogen (secondary N) is 2. The Morgan fingerprint density at radius 1 is 1.20 bits per heavy atom. The van der Waals surface area contributed by atoms with Gasteiger partial charge in [-0.2, -0.15) is 0 Å². The standard InChI is InChI=1S/C20H27N5/c1-4-5-12-25(3)20-13-19(23-15(2)24-20)21-11-10-16-14-22-18-9-7-6-8-17(16)18/h6-9,13-14,22H,4-5,10-12H2,1-3H3,(H,21,23,24). The van der Waals surface area contributed by atoms with E-state index in [0.717, 1.165) is 37.0 Å². The van der Waals surface area contributed by atoms with Gasteiger partial charge in [0, 0.05) is 43.3 Å². The van der Waals surface area contributed by atoms with Crippen molar-refractivity contribution in [3.05, 3.63) is 47.9 Å². The Hall–Kier alpha value is -2.56. The maximum absolute atomic E-state index is 4.56. The Balaban J connectivity index is 1.63. The number of aromatic amines is 1. The van der Waals surface area contributed by atoms with Gasteiger partial charge in [-0.1, -0.05) is 31.5 Å². The van der Waals surface area contributed by atoms with E-state index in [-0.39, 0.29) is 0 Å². The first-order valence-electron chi connectivity index (χ1n) is 9.03. The molecule has 0 amide bonds. The van der Waals surface area contributed by atoms with E-state index in [0.29, 0.717) is 0 Å². The zero-order chi connectivity index (χ0) is 17.6. The average molecular weight is 337 g/mol. The topological polar surface area (TPSA) is 56.8 Å². The Labute approximate surface area is 149 Å². The molecule has 5 heteroatoms. The Bertz CT molecular complexity index is 824. The molecule has 2 aromatic heterocycles. The number of anilines is 2. The highest BCUT2D eigenvalue weighted by atomic mass is 15.2. The molecule has 25 heavy (non-hydrogen) atoms. The van der Waals surface area contributed by atoms with Gasteiger partial charge < -0.3 is 15.2 Å². The number of benzene rings is 1. The predicted molar refractivity (Wildman–Crippen MR) is 105 cm³/mol. The lowest BCUT2D eigenvalue weighted by Crippen LogP contribution is -2.20.